The maximum Gasteiger partial charge on any atom is 0.305 e. The van der Waals surface area contributed by atoms with E-state index in [1.165, 1.54) is 19.3 Å². The lowest BCUT2D eigenvalue weighted by molar-refractivity contribution is -0.387. The second-order valence-electron chi connectivity index (χ2n) is 4.58. The second kappa shape index (κ2) is 5.39. The standard InChI is InChI=1S/C12H14F2N2O2/c13-10-5-11(14)12(16(17)18)4-9(10)7-15-6-8-2-1-3-8/h4-5,8,15H,1-3,6-7H2. The van der Waals surface area contributed by atoms with Crippen LogP contribution in [0.25, 0.3) is 0 Å². The molecular weight excluding hydrogens is 242 g/mol. The lowest BCUT2D eigenvalue weighted by Crippen LogP contribution is -2.27. The predicted octanol–water partition coefficient (Wildman–Crippen LogP) is 2.76. The first-order chi connectivity index (χ1) is 8.58. The van der Waals surface area contributed by atoms with Crippen LogP contribution in [0.3, 0.4) is 0 Å². The molecule has 98 valence electrons. The molecule has 1 aromatic rings. The SMILES string of the molecule is O=[N+]([O-])c1cc(CNCC2CCC2)c(F)cc1F. The molecule has 2 rings (SSSR count). The first kappa shape index (κ1) is 12.9. The molecule has 0 amide bonds. The number of halogens is 2. The molecule has 6 heteroatoms. The van der Waals surface area contributed by atoms with Gasteiger partial charge in [0.15, 0.2) is 0 Å². The van der Waals surface area contributed by atoms with Crippen molar-refractivity contribution < 1.29 is 13.7 Å². The molecule has 0 atom stereocenters. The Balaban J connectivity index is 2.01. The van der Waals surface area contributed by atoms with Crippen molar-refractivity contribution in [1.82, 2.24) is 5.32 Å². The van der Waals surface area contributed by atoms with Crippen LogP contribution in [0.15, 0.2) is 12.1 Å². The van der Waals surface area contributed by atoms with Gasteiger partial charge in [-0.3, -0.25) is 10.1 Å². The van der Waals surface area contributed by atoms with E-state index in [1.807, 2.05) is 0 Å². The van der Waals surface area contributed by atoms with E-state index in [2.05, 4.69) is 5.32 Å². The highest BCUT2D eigenvalue weighted by atomic mass is 19.1. The van der Waals surface area contributed by atoms with Gasteiger partial charge >= 0.3 is 5.69 Å². The lowest BCUT2D eigenvalue weighted by atomic mass is 9.85. The minimum atomic E-state index is -1.14. The van der Waals surface area contributed by atoms with Crippen molar-refractivity contribution in [2.75, 3.05) is 6.54 Å². The molecule has 0 radical (unpaired) electrons. The molecule has 0 unspecified atom stereocenters. The van der Waals surface area contributed by atoms with E-state index < -0.39 is 22.2 Å². The normalized spacial score (nSPS) is 15.4. The van der Waals surface area contributed by atoms with Gasteiger partial charge in [0.25, 0.3) is 0 Å². The average Bonchev–Trinajstić information content (AvgIpc) is 2.23. The van der Waals surface area contributed by atoms with Crippen molar-refractivity contribution in [3.05, 3.63) is 39.4 Å². The third kappa shape index (κ3) is 2.81. The fraction of sp³-hybridized carbons (Fsp3) is 0.500. The Morgan fingerprint density at radius 1 is 1.33 bits per heavy atom. The number of rotatable bonds is 5. The van der Waals surface area contributed by atoms with Crippen LogP contribution in [0.4, 0.5) is 14.5 Å². The number of hydrogen-bond donors (Lipinski definition) is 1. The number of nitrogens with zero attached hydrogens (tertiary/aromatic N) is 1. The summed E-state index contributed by atoms with van der Waals surface area (Å²) < 4.78 is 26.5. The smallest absolute Gasteiger partial charge is 0.305 e. The highest BCUT2D eigenvalue weighted by molar-refractivity contribution is 5.37. The van der Waals surface area contributed by atoms with E-state index in [-0.39, 0.29) is 12.1 Å². The van der Waals surface area contributed by atoms with Crippen LogP contribution >= 0.6 is 0 Å². The largest absolute Gasteiger partial charge is 0.312 e. The number of benzene rings is 1. The fourth-order valence-corrected chi connectivity index (χ4v) is 1.96. The average molecular weight is 256 g/mol. The van der Waals surface area contributed by atoms with Gasteiger partial charge in [0.05, 0.1) is 4.92 Å². The quantitative estimate of drug-likeness (QED) is 0.651. The van der Waals surface area contributed by atoms with E-state index in [0.29, 0.717) is 12.0 Å². The van der Waals surface area contributed by atoms with Gasteiger partial charge in [0, 0.05) is 24.2 Å². The van der Waals surface area contributed by atoms with Gasteiger partial charge in [-0.25, -0.2) is 4.39 Å². The predicted molar refractivity (Wildman–Crippen MR) is 62.1 cm³/mol. The van der Waals surface area contributed by atoms with Crippen molar-refractivity contribution in [3.8, 4) is 0 Å². The molecule has 18 heavy (non-hydrogen) atoms. The van der Waals surface area contributed by atoms with Gasteiger partial charge in [-0.1, -0.05) is 6.42 Å². The zero-order chi connectivity index (χ0) is 13.1. The molecule has 1 aliphatic carbocycles. The Hall–Kier alpha value is -1.56. The summed E-state index contributed by atoms with van der Waals surface area (Å²) in [6.07, 6.45) is 3.56. The Bertz CT molecular complexity index is 462. The second-order valence-corrected chi connectivity index (χ2v) is 4.58. The van der Waals surface area contributed by atoms with E-state index in [9.17, 15) is 18.9 Å². The van der Waals surface area contributed by atoms with Gasteiger partial charge in [-0.05, 0) is 25.3 Å². The Kier molecular flexibility index (Phi) is 3.86. The molecule has 1 N–H and O–H groups in total. The highest BCUT2D eigenvalue weighted by Gasteiger charge is 2.19. The molecule has 0 bridgehead atoms. The molecule has 1 aliphatic rings. The summed E-state index contributed by atoms with van der Waals surface area (Å²) in [5.41, 5.74) is -0.556. The fourth-order valence-electron chi connectivity index (χ4n) is 1.96. The van der Waals surface area contributed by atoms with Crippen LogP contribution in [0.2, 0.25) is 0 Å². The van der Waals surface area contributed by atoms with E-state index in [4.69, 9.17) is 0 Å². The monoisotopic (exact) mass is 256 g/mol. The van der Waals surface area contributed by atoms with Crippen molar-refractivity contribution in [2.45, 2.75) is 25.8 Å². The van der Waals surface area contributed by atoms with E-state index in [1.54, 1.807) is 0 Å². The number of nitro groups is 1. The maximum absolute atomic E-state index is 13.4. The van der Waals surface area contributed by atoms with Gasteiger partial charge in [-0.2, -0.15) is 4.39 Å². The van der Waals surface area contributed by atoms with E-state index in [0.717, 1.165) is 12.6 Å². The third-order valence-electron chi connectivity index (χ3n) is 3.29. The molecular formula is C12H14F2N2O2. The molecule has 1 aromatic carbocycles. The Morgan fingerprint density at radius 3 is 2.61 bits per heavy atom. The van der Waals surface area contributed by atoms with Crippen LogP contribution in [0.5, 0.6) is 0 Å². The zero-order valence-corrected chi connectivity index (χ0v) is 9.79. The summed E-state index contributed by atoms with van der Waals surface area (Å²) in [6.45, 7) is 0.952. The highest BCUT2D eigenvalue weighted by Crippen LogP contribution is 2.25. The molecule has 1 saturated carbocycles. The Labute approximate surface area is 103 Å². The zero-order valence-electron chi connectivity index (χ0n) is 9.79. The molecule has 0 heterocycles. The van der Waals surface area contributed by atoms with Crippen LogP contribution in [0.1, 0.15) is 24.8 Å². The molecule has 1 fully saturated rings. The van der Waals surface area contributed by atoms with E-state index >= 15 is 0 Å². The minimum absolute atomic E-state index is 0.127. The third-order valence-corrected chi connectivity index (χ3v) is 3.29. The number of hydrogen-bond acceptors (Lipinski definition) is 3. The van der Waals surface area contributed by atoms with Crippen LogP contribution in [0, 0.1) is 27.7 Å². The summed E-state index contributed by atoms with van der Waals surface area (Å²) in [4.78, 5) is 9.70. The minimum Gasteiger partial charge on any atom is -0.312 e. The summed E-state index contributed by atoms with van der Waals surface area (Å²) in [5, 5.41) is 13.6. The molecule has 0 saturated heterocycles. The maximum atomic E-state index is 13.4. The summed E-state index contributed by atoms with van der Waals surface area (Å²) >= 11 is 0. The number of nitro benzene ring substituents is 1. The molecule has 0 spiro atoms. The van der Waals surface area contributed by atoms with Crippen molar-refractivity contribution in [3.63, 3.8) is 0 Å². The van der Waals surface area contributed by atoms with Crippen LogP contribution in [-0.2, 0) is 6.54 Å². The molecule has 0 aromatic heterocycles. The molecule has 0 aliphatic heterocycles. The first-order valence-electron chi connectivity index (χ1n) is 5.91. The Morgan fingerprint density at radius 2 is 2.06 bits per heavy atom. The summed E-state index contributed by atoms with van der Waals surface area (Å²) in [6, 6.07) is 1.52. The van der Waals surface area contributed by atoms with Crippen molar-refractivity contribution in [1.29, 1.82) is 0 Å². The first-order valence-corrected chi connectivity index (χ1v) is 5.91. The van der Waals surface area contributed by atoms with Gasteiger partial charge in [-0.15, -0.1) is 0 Å². The van der Waals surface area contributed by atoms with Crippen LogP contribution in [-0.4, -0.2) is 11.5 Å². The van der Waals surface area contributed by atoms with Gasteiger partial charge in [0.2, 0.25) is 5.82 Å². The van der Waals surface area contributed by atoms with Crippen molar-refractivity contribution in [2.24, 2.45) is 5.92 Å². The molecule has 4 nitrogen and oxygen atoms in total. The lowest BCUT2D eigenvalue weighted by Gasteiger charge is -2.25. The summed E-state index contributed by atoms with van der Waals surface area (Å²) in [5.74, 6) is -1.28. The van der Waals surface area contributed by atoms with Gasteiger partial charge < -0.3 is 5.32 Å². The summed E-state index contributed by atoms with van der Waals surface area (Å²) in [7, 11) is 0. The van der Waals surface area contributed by atoms with Gasteiger partial charge in [0.1, 0.15) is 5.82 Å². The van der Waals surface area contributed by atoms with Crippen molar-refractivity contribution >= 4 is 5.69 Å². The van der Waals surface area contributed by atoms with Crippen LogP contribution < -0.4 is 5.32 Å². The topological polar surface area (TPSA) is 55.2 Å². The number of nitrogens with one attached hydrogen (secondary N) is 1.